The highest BCUT2D eigenvalue weighted by Gasteiger charge is 2.62. The van der Waals surface area contributed by atoms with Crippen molar-refractivity contribution < 1.29 is 24.2 Å². The summed E-state index contributed by atoms with van der Waals surface area (Å²) in [6, 6.07) is 15.7. The first-order valence-electron chi connectivity index (χ1n) is 10.0. The molecule has 2 N–H and O–H groups in total. The summed E-state index contributed by atoms with van der Waals surface area (Å²) in [6.07, 6.45) is 0.180. The Morgan fingerprint density at radius 3 is 2.37 bits per heavy atom. The first-order chi connectivity index (χ1) is 14.4. The molecule has 0 spiro atoms. The molecular formula is C23H26N2O5. The lowest BCUT2D eigenvalue weighted by Crippen LogP contribution is -2.73. The number of urea groups is 1. The summed E-state index contributed by atoms with van der Waals surface area (Å²) in [5.74, 6) is -0.771. The highest BCUT2D eigenvalue weighted by Crippen LogP contribution is 2.46. The van der Waals surface area contributed by atoms with Gasteiger partial charge in [-0.25, -0.2) is 9.69 Å². The van der Waals surface area contributed by atoms with Gasteiger partial charge in [0, 0.05) is 6.54 Å². The molecule has 1 unspecified atom stereocenters. The standard InChI is InChI=1S/C23H26N2O5/c1-3-23(4-2)20(28)25(22(29)24-15-16-9-6-5-7-10-16)21(23)30-18-12-8-11-17(13-18)14-19(26)27/h5-13,21H,3-4,14-15H2,1-2H3,(H,24,29)(H,26,27). The predicted molar refractivity (Wildman–Crippen MR) is 111 cm³/mol. The second kappa shape index (κ2) is 8.98. The lowest BCUT2D eigenvalue weighted by Gasteiger charge is -2.53. The van der Waals surface area contributed by atoms with Crippen molar-refractivity contribution in [1.29, 1.82) is 0 Å². The second-order valence-corrected chi connectivity index (χ2v) is 7.37. The SMILES string of the molecule is CCC1(CC)C(=O)N(C(=O)NCc2ccccc2)C1Oc1cccc(CC(=O)O)c1. The first-order valence-corrected chi connectivity index (χ1v) is 10.0. The van der Waals surface area contributed by atoms with E-state index < -0.39 is 23.6 Å². The molecule has 7 nitrogen and oxygen atoms in total. The van der Waals surface area contributed by atoms with Gasteiger partial charge < -0.3 is 15.2 Å². The number of hydrogen-bond donors (Lipinski definition) is 2. The molecule has 1 heterocycles. The summed E-state index contributed by atoms with van der Waals surface area (Å²) < 4.78 is 6.08. The summed E-state index contributed by atoms with van der Waals surface area (Å²) in [5.41, 5.74) is 0.728. The summed E-state index contributed by atoms with van der Waals surface area (Å²) in [5, 5.41) is 11.8. The molecule has 0 saturated carbocycles. The van der Waals surface area contributed by atoms with E-state index in [9.17, 15) is 14.4 Å². The van der Waals surface area contributed by atoms with Gasteiger partial charge in [0.1, 0.15) is 11.2 Å². The molecule has 2 aromatic carbocycles. The van der Waals surface area contributed by atoms with Crippen molar-refractivity contribution in [2.45, 2.75) is 45.9 Å². The Morgan fingerprint density at radius 2 is 1.73 bits per heavy atom. The van der Waals surface area contributed by atoms with Crippen molar-refractivity contribution in [3.05, 3.63) is 65.7 Å². The van der Waals surface area contributed by atoms with Crippen LogP contribution in [0, 0.1) is 5.41 Å². The van der Waals surface area contributed by atoms with Crippen molar-refractivity contribution in [1.82, 2.24) is 10.2 Å². The molecule has 1 atom stereocenters. The number of carbonyl (C=O) groups is 3. The Kier molecular flexibility index (Phi) is 6.40. The van der Waals surface area contributed by atoms with Crippen molar-refractivity contribution >= 4 is 17.9 Å². The van der Waals surface area contributed by atoms with Crippen LogP contribution in [0.25, 0.3) is 0 Å². The van der Waals surface area contributed by atoms with Crippen LogP contribution in [0.1, 0.15) is 37.8 Å². The molecule has 3 amide bonds. The Labute approximate surface area is 175 Å². The second-order valence-electron chi connectivity index (χ2n) is 7.37. The fourth-order valence-electron chi connectivity index (χ4n) is 3.79. The number of carboxylic acids is 1. The number of likely N-dealkylation sites (tertiary alicyclic amines) is 1. The lowest BCUT2D eigenvalue weighted by molar-refractivity contribution is -0.190. The maximum Gasteiger partial charge on any atom is 0.327 e. The number of amides is 3. The molecule has 2 aromatic rings. The largest absolute Gasteiger partial charge is 0.481 e. The fraction of sp³-hybridized carbons (Fsp3) is 0.348. The zero-order chi connectivity index (χ0) is 21.7. The average Bonchev–Trinajstić information content (AvgIpc) is 2.74. The number of imide groups is 1. The normalized spacial score (nSPS) is 17.2. The van der Waals surface area contributed by atoms with Gasteiger partial charge in [-0.05, 0) is 36.1 Å². The highest BCUT2D eigenvalue weighted by molar-refractivity contribution is 6.03. The monoisotopic (exact) mass is 410 g/mol. The van der Waals surface area contributed by atoms with Gasteiger partial charge in [-0.3, -0.25) is 9.59 Å². The summed E-state index contributed by atoms with van der Waals surface area (Å²) in [7, 11) is 0. The Morgan fingerprint density at radius 1 is 1.07 bits per heavy atom. The lowest BCUT2D eigenvalue weighted by atomic mass is 9.72. The minimum absolute atomic E-state index is 0.130. The molecule has 3 rings (SSSR count). The van der Waals surface area contributed by atoms with E-state index in [0.717, 1.165) is 10.5 Å². The number of carbonyl (C=O) groups excluding carboxylic acids is 2. The molecule has 7 heteroatoms. The van der Waals surface area contributed by atoms with Crippen molar-refractivity contribution in [2.75, 3.05) is 0 Å². The van der Waals surface area contributed by atoms with Gasteiger partial charge in [-0.15, -0.1) is 0 Å². The molecule has 0 radical (unpaired) electrons. The van der Waals surface area contributed by atoms with E-state index in [1.807, 2.05) is 44.2 Å². The average molecular weight is 410 g/mol. The summed E-state index contributed by atoms with van der Waals surface area (Å²) in [6.45, 7) is 4.10. The smallest absolute Gasteiger partial charge is 0.327 e. The molecule has 0 bridgehead atoms. The van der Waals surface area contributed by atoms with Crippen LogP contribution in [0.3, 0.4) is 0 Å². The Bertz CT molecular complexity index is 924. The third kappa shape index (κ3) is 4.15. The molecule has 0 aliphatic carbocycles. The van der Waals surface area contributed by atoms with E-state index in [-0.39, 0.29) is 12.3 Å². The maximum absolute atomic E-state index is 12.9. The molecule has 1 aliphatic rings. The molecular weight excluding hydrogens is 384 g/mol. The van der Waals surface area contributed by atoms with Crippen molar-refractivity contribution in [2.24, 2.45) is 5.41 Å². The van der Waals surface area contributed by atoms with E-state index in [0.29, 0.717) is 30.7 Å². The number of benzene rings is 2. The van der Waals surface area contributed by atoms with Gasteiger partial charge >= 0.3 is 12.0 Å². The third-order valence-electron chi connectivity index (χ3n) is 5.62. The number of aliphatic carboxylic acids is 1. The van der Waals surface area contributed by atoms with Gasteiger partial charge in [0.2, 0.25) is 5.91 Å². The number of nitrogens with one attached hydrogen (secondary N) is 1. The summed E-state index contributed by atoms with van der Waals surface area (Å²) >= 11 is 0. The van der Waals surface area contributed by atoms with Crippen LogP contribution in [0.5, 0.6) is 5.75 Å². The van der Waals surface area contributed by atoms with E-state index in [2.05, 4.69) is 5.32 Å². The van der Waals surface area contributed by atoms with Crippen molar-refractivity contribution in [3.8, 4) is 5.75 Å². The van der Waals surface area contributed by atoms with E-state index in [4.69, 9.17) is 9.84 Å². The number of ether oxygens (including phenoxy) is 1. The highest BCUT2D eigenvalue weighted by atomic mass is 16.5. The number of hydrogen-bond acceptors (Lipinski definition) is 4. The molecule has 1 aliphatic heterocycles. The fourth-order valence-corrected chi connectivity index (χ4v) is 3.79. The van der Waals surface area contributed by atoms with Crippen LogP contribution in [-0.2, 0) is 22.6 Å². The number of β-lactam (4-membered cyclic amide) rings is 1. The van der Waals surface area contributed by atoms with Crippen LogP contribution < -0.4 is 10.1 Å². The van der Waals surface area contributed by atoms with Crippen LogP contribution in [0.2, 0.25) is 0 Å². The molecule has 158 valence electrons. The Balaban J connectivity index is 1.78. The molecule has 30 heavy (non-hydrogen) atoms. The van der Waals surface area contributed by atoms with E-state index >= 15 is 0 Å². The van der Waals surface area contributed by atoms with Crippen LogP contribution in [-0.4, -0.2) is 34.1 Å². The minimum atomic E-state index is -0.940. The molecule has 1 fully saturated rings. The van der Waals surface area contributed by atoms with Crippen LogP contribution in [0.15, 0.2) is 54.6 Å². The Hall–Kier alpha value is -3.35. The first kappa shape index (κ1) is 21.4. The van der Waals surface area contributed by atoms with Crippen molar-refractivity contribution in [3.63, 3.8) is 0 Å². The zero-order valence-corrected chi connectivity index (χ0v) is 17.1. The third-order valence-corrected chi connectivity index (χ3v) is 5.62. The van der Waals surface area contributed by atoms with Gasteiger partial charge in [-0.2, -0.15) is 0 Å². The van der Waals surface area contributed by atoms with E-state index in [1.165, 1.54) is 0 Å². The van der Waals surface area contributed by atoms with Gasteiger partial charge in [0.25, 0.3) is 0 Å². The minimum Gasteiger partial charge on any atom is -0.481 e. The molecule has 1 saturated heterocycles. The topological polar surface area (TPSA) is 95.9 Å². The zero-order valence-electron chi connectivity index (χ0n) is 17.1. The maximum atomic E-state index is 12.9. The van der Waals surface area contributed by atoms with E-state index in [1.54, 1.807) is 24.3 Å². The van der Waals surface area contributed by atoms with Crippen LogP contribution >= 0.6 is 0 Å². The number of rotatable bonds is 8. The van der Waals surface area contributed by atoms with Gasteiger partial charge in [-0.1, -0.05) is 56.3 Å². The quantitative estimate of drug-likeness (QED) is 0.649. The predicted octanol–water partition coefficient (Wildman–Crippen LogP) is 3.58. The number of nitrogens with zero attached hydrogens (tertiary/aromatic N) is 1. The number of carboxylic acid groups (broad SMARTS) is 1. The van der Waals surface area contributed by atoms with Gasteiger partial charge in [0.05, 0.1) is 6.42 Å². The summed E-state index contributed by atoms with van der Waals surface area (Å²) in [4.78, 5) is 37.8. The van der Waals surface area contributed by atoms with Crippen LogP contribution in [0.4, 0.5) is 4.79 Å². The molecule has 0 aromatic heterocycles. The van der Waals surface area contributed by atoms with Gasteiger partial charge in [0.15, 0.2) is 6.23 Å².